The normalized spacial score (nSPS) is 12.8. The molecular formula is C7H9NO2S. The Morgan fingerprint density at radius 3 is 2.82 bits per heavy atom. The van der Waals surface area contributed by atoms with E-state index in [0.29, 0.717) is 10.8 Å². The lowest BCUT2D eigenvalue weighted by Crippen LogP contribution is -2.08. The van der Waals surface area contributed by atoms with Crippen LogP contribution in [0.15, 0.2) is 28.0 Å². The van der Waals surface area contributed by atoms with Crippen molar-refractivity contribution in [2.75, 3.05) is 5.75 Å². The molecule has 1 heterocycles. The topological polar surface area (TPSA) is 49.9 Å². The van der Waals surface area contributed by atoms with Crippen molar-refractivity contribution in [3.05, 3.63) is 28.6 Å². The van der Waals surface area contributed by atoms with Gasteiger partial charge in [-0.25, -0.2) is 0 Å². The van der Waals surface area contributed by atoms with Gasteiger partial charge in [0.2, 0.25) is 5.56 Å². The highest BCUT2D eigenvalue weighted by Crippen LogP contribution is 1.97. The van der Waals surface area contributed by atoms with Crippen molar-refractivity contribution in [1.29, 1.82) is 0 Å². The van der Waals surface area contributed by atoms with E-state index in [-0.39, 0.29) is 5.56 Å². The number of nitrogens with one attached hydrogen (secondary N) is 1. The van der Waals surface area contributed by atoms with Gasteiger partial charge in [-0.2, -0.15) is 0 Å². The molecule has 4 heteroatoms. The van der Waals surface area contributed by atoms with Crippen molar-refractivity contribution in [3.63, 3.8) is 0 Å². The maximum absolute atomic E-state index is 11.1. The Morgan fingerprint density at radius 2 is 2.27 bits per heavy atom. The van der Waals surface area contributed by atoms with Gasteiger partial charge in [0.1, 0.15) is 5.03 Å². The lowest BCUT2D eigenvalue weighted by molar-refractivity contribution is 0.680. The van der Waals surface area contributed by atoms with Gasteiger partial charge in [0.15, 0.2) is 0 Å². The minimum Gasteiger partial charge on any atom is -0.315 e. The first-order valence-electron chi connectivity index (χ1n) is 3.31. The highest BCUT2D eigenvalue weighted by atomic mass is 32.2. The van der Waals surface area contributed by atoms with Crippen LogP contribution in [0.4, 0.5) is 0 Å². The molecular weight excluding hydrogens is 162 g/mol. The first-order valence-corrected chi connectivity index (χ1v) is 4.63. The molecule has 0 aliphatic heterocycles. The molecule has 1 aromatic rings. The third kappa shape index (κ3) is 2.01. The molecule has 11 heavy (non-hydrogen) atoms. The SMILES string of the molecule is CCS(=O)c1cccc(=O)[nH]1. The van der Waals surface area contributed by atoms with Crippen LogP contribution in [0.5, 0.6) is 0 Å². The molecule has 0 saturated heterocycles. The maximum Gasteiger partial charge on any atom is 0.248 e. The van der Waals surface area contributed by atoms with Gasteiger partial charge in [0, 0.05) is 11.8 Å². The number of hydrogen-bond acceptors (Lipinski definition) is 2. The van der Waals surface area contributed by atoms with Crippen LogP contribution in [-0.2, 0) is 10.8 Å². The molecule has 0 saturated carbocycles. The second-order valence-electron chi connectivity index (χ2n) is 2.01. The Kier molecular flexibility index (Phi) is 2.59. The number of hydrogen-bond donors (Lipinski definition) is 1. The van der Waals surface area contributed by atoms with Crippen LogP contribution in [0.2, 0.25) is 0 Å². The molecule has 0 radical (unpaired) electrons. The fourth-order valence-corrected chi connectivity index (χ4v) is 1.47. The third-order valence-corrected chi connectivity index (χ3v) is 2.50. The Hall–Kier alpha value is -0.900. The van der Waals surface area contributed by atoms with E-state index in [1.165, 1.54) is 6.07 Å². The van der Waals surface area contributed by atoms with E-state index in [4.69, 9.17) is 0 Å². The van der Waals surface area contributed by atoms with Gasteiger partial charge in [-0.1, -0.05) is 13.0 Å². The minimum atomic E-state index is -1.06. The van der Waals surface area contributed by atoms with E-state index in [1.807, 2.05) is 0 Å². The lowest BCUT2D eigenvalue weighted by Gasteiger charge is -1.95. The molecule has 0 fully saturated rings. The fraction of sp³-hybridized carbons (Fsp3) is 0.286. The van der Waals surface area contributed by atoms with Crippen molar-refractivity contribution in [2.24, 2.45) is 0 Å². The van der Waals surface area contributed by atoms with E-state index >= 15 is 0 Å². The lowest BCUT2D eigenvalue weighted by atomic mass is 10.5. The second-order valence-corrected chi connectivity index (χ2v) is 3.72. The highest BCUT2D eigenvalue weighted by Gasteiger charge is 1.99. The monoisotopic (exact) mass is 171 g/mol. The van der Waals surface area contributed by atoms with E-state index in [2.05, 4.69) is 4.98 Å². The Bertz CT molecular complexity index is 318. The van der Waals surface area contributed by atoms with Crippen LogP contribution in [0.3, 0.4) is 0 Å². The van der Waals surface area contributed by atoms with Gasteiger partial charge < -0.3 is 4.98 Å². The van der Waals surface area contributed by atoms with E-state index in [1.54, 1.807) is 19.1 Å². The van der Waals surface area contributed by atoms with Crippen LogP contribution in [-0.4, -0.2) is 14.9 Å². The molecule has 0 spiro atoms. The molecule has 60 valence electrons. The van der Waals surface area contributed by atoms with E-state index in [0.717, 1.165) is 0 Å². The third-order valence-electron chi connectivity index (χ3n) is 1.25. The van der Waals surface area contributed by atoms with Gasteiger partial charge >= 0.3 is 0 Å². The molecule has 0 aromatic carbocycles. The van der Waals surface area contributed by atoms with Crippen molar-refractivity contribution in [2.45, 2.75) is 11.9 Å². The molecule has 1 rings (SSSR count). The predicted octanol–water partition coefficient (Wildman–Crippen LogP) is 0.502. The van der Waals surface area contributed by atoms with Crippen molar-refractivity contribution >= 4 is 10.8 Å². The summed E-state index contributed by atoms with van der Waals surface area (Å²) in [6.07, 6.45) is 0. The molecule has 1 atom stereocenters. The molecule has 0 aliphatic rings. The van der Waals surface area contributed by atoms with Crippen molar-refractivity contribution in [3.8, 4) is 0 Å². The van der Waals surface area contributed by atoms with E-state index in [9.17, 15) is 9.00 Å². The average Bonchev–Trinajstić information content (AvgIpc) is 2.03. The molecule has 0 amide bonds. The second kappa shape index (κ2) is 3.48. The van der Waals surface area contributed by atoms with Crippen molar-refractivity contribution in [1.82, 2.24) is 4.98 Å². The zero-order valence-electron chi connectivity index (χ0n) is 6.16. The zero-order valence-corrected chi connectivity index (χ0v) is 6.98. The molecule has 1 aromatic heterocycles. The molecule has 3 nitrogen and oxygen atoms in total. The van der Waals surface area contributed by atoms with Crippen LogP contribution in [0.25, 0.3) is 0 Å². The average molecular weight is 171 g/mol. The number of rotatable bonds is 2. The number of aromatic amines is 1. The summed E-state index contributed by atoms with van der Waals surface area (Å²) in [5.74, 6) is 0.528. The Morgan fingerprint density at radius 1 is 1.55 bits per heavy atom. The molecule has 1 unspecified atom stereocenters. The van der Waals surface area contributed by atoms with Gasteiger partial charge in [-0.15, -0.1) is 0 Å². The van der Waals surface area contributed by atoms with Gasteiger partial charge in [-0.3, -0.25) is 9.00 Å². The predicted molar refractivity (Wildman–Crippen MR) is 44.0 cm³/mol. The van der Waals surface area contributed by atoms with Gasteiger partial charge in [-0.05, 0) is 6.07 Å². The Balaban J connectivity index is 3.05. The number of aromatic nitrogens is 1. The fourth-order valence-electron chi connectivity index (χ4n) is 0.716. The van der Waals surface area contributed by atoms with Crippen LogP contribution in [0, 0.1) is 0 Å². The van der Waals surface area contributed by atoms with Crippen LogP contribution < -0.4 is 5.56 Å². The van der Waals surface area contributed by atoms with Gasteiger partial charge in [0.25, 0.3) is 0 Å². The summed E-state index contributed by atoms with van der Waals surface area (Å²) >= 11 is 0. The first kappa shape index (κ1) is 8.20. The molecule has 0 aliphatic carbocycles. The maximum atomic E-state index is 11.1. The summed E-state index contributed by atoms with van der Waals surface area (Å²) in [7, 11) is -1.06. The summed E-state index contributed by atoms with van der Waals surface area (Å²) in [5, 5.41) is 0.500. The number of H-pyrrole nitrogens is 1. The van der Waals surface area contributed by atoms with Gasteiger partial charge in [0.05, 0.1) is 10.8 Å². The smallest absolute Gasteiger partial charge is 0.248 e. The molecule has 1 N–H and O–H groups in total. The molecule has 0 bridgehead atoms. The summed E-state index contributed by atoms with van der Waals surface area (Å²) in [6.45, 7) is 1.81. The summed E-state index contributed by atoms with van der Waals surface area (Å²) in [4.78, 5) is 13.2. The first-order chi connectivity index (χ1) is 5.24. The largest absolute Gasteiger partial charge is 0.315 e. The minimum absolute atomic E-state index is 0.204. The standard InChI is InChI=1S/C7H9NO2S/c1-2-11(10)7-5-3-4-6(9)8-7/h3-5H,2H2,1H3,(H,8,9). The Labute approximate surface area is 66.9 Å². The van der Waals surface area contributed by atoms with Crippen molar-refractivity contribution < 1.29 is 4.21 Å². The van der Waals surface area contributed by atoms with Crippen LogP contribution in [0.1, 0.15) is 6.92 Å². The zero-order chi connectivity index (χ0) is 8.27. The van der Waals surface area contributed by atoms with E-state index < -0.39 is 10.8 Å². The van der Waals surface area contributed by atoms with Crippen LogP contribution >= 0.6 is 0 Å². The quantitative estimate of drug-likeness (QED) is 0.704. The summed E-state index contributed by atoms with van der Waals surface area (Å²) in [5.41, 5.74) is -0.204. The number of pyridine rings is 1. The summed E-state index contributed by atoms with van der Waals surface area (Å²) in [6, 6.07) is 4.65. The summed E-state index contributed by atoms with van der Waals surface area (Å²) < 4.78 is 11.1. The highest BCUT2D eigenvalue weighted by molar-refractivity contribution is 7.84.